The number of nitrogens with zero attached hydrogens (tertiary/aromatic N) is 1. The summed E-state index contributed by atoms with van der Waals surface area (Å²) in [5, 5.41) is 0.558. The highest BCUT2D eigenvalue weighted by Gasteiger charge is 2.10. The summed E-state index contributed by atoms with van der Waals surface area (Å²) in [6.07, 6.45) is 1.38. The van der Waals surface area contributed by atoms with Gasteiger partial charge in [0, 0.05) is 11.5 Å². The fraction of sp³-hybridized carbons (Fsp3) is 0.250. The van der Waals surface area contributed by atoms with Crippen LogP contribution in [0.15, 0.2) is 24.4 Å². The van der Waals surface area contributed by atoms with Crippen LogP contribution in [0.1, 0.15) is 11.8 Å². The van der Waals surface area contributed by atoms with Crippen molar-refractivity contribution in [3.8, 4) is 0 Å². The number of carbonyl (C=O) groups is 1. The molecule has 0 spiro atoms. The molecule has 0 N–H and O–H groups in total. The predicted molar refractivity (Wildman–Crippen MR) is 47.9 cm³/mol. The zero-order valence-electron chi connectivity index (χ0n) is 6.31. The molecule has 64 valence electrons. The number of ether oxygens (including phenoxy) is 1. The van der Waals surface area contributed by atoms with E-state index < -0.39 is 0 Å². The van der Waals surface area contributed by atoms with Gasteiger partial charge in [-0.1, -0.05) is 22.0 Å². The molecule has 0 fully saturated rings. The SMILES string of the molecule is O=COC(CBr)c1ccccn1. The van der Waals surface area contributed by atoms with E-state index in [-0.39, 0.29) is 6.10 Å². The molecule has 0 radical (unpaired) electrons. The summed E-state index contributed by atoms with van der Waals surface area (Å²) in [6, 6.07) is 5.48. The molecule has 0 aliphatic heterocycles. The van der Waals surface area contributed by atoms with Crippen LogP contribution in [0.5, 0.6) is 0 Å². The maximum atomic E-state index is 10.1. The molecule has 0 saturated carbocycles. The second-order valence-corrected chi connectivity index (χ2v) is 2.78. The molecule has 0 bridgehead atoms. The summed E-state index contributed by atoms with van der Waals surface area (Å²) < 4.78 is 4.79. The van der Waals surface area contributed by atoms with Crippen molar-refractivity contribution in [2.45, 2.75) is 6.10 Å². The third-order valence-electron chi connectivity index (χ3n) is 1.38. The minimum atomic E-state index is -0.288. The van der Waals surface area contributed by atoms with Crippen molar-refractivity contribution < 1.29 is 9.53 Å². The van der Waals surface area contributed by atoms with Gasteiger partial charge in [-0.25, -0.2) is 0 Å². The van der Waals surface area contributed by atoms with E-state index in [0.717, 1.165) is 5.69 Å². The van der Waals surface area contributed by atoms with Crippen LogP contribution in [0.25, 0.3) is 0 Å². The molecule has 3 nitrogen and oxygen atoms in total. The Hall–Kier alpha value is -0.900. The Kier molecular flexibility index (Phi) is 3.73. The van der Waals surface area contributed by atoms with E-state index in [1.165, 1.54) is 0 Å². The van der Waals surface area contributed by atoms with Crippen LogP contribution in [0.3, 0.4) is 0 Å². The van der Waals surface area contributed by atoms with Gasteiger partial charge in [-0.15, -0.1) is 0 Å². The molecule has 0 saturated heterocycles. The van der Waals surface area contributed by atoms with Crippen molar-refractivity contribution in [1.82, 2.24) is 4.98 Å². The maximum absolute atomic E-state index is 10.1. The molecule has 1 heterocycles. The number of alkyl halides is 1. The Balaban J connectivity index is 2.72. The molecule has 1 unspecified atom stereocenters. The highest BCUT2D eigenvalue weighted by molar-refractivity contribution is 9.09. The zero-order chi connectivity index (χ0) is 8.81. The van der Waals surface area contributed by atoms with Crippen molar-refractivity contribution in [2.75, 3.05) is 5.33 Å². The smallest absolute Gasteiger partial charge is 0.293 e. The van der Waals surface area contributed by atoms with Crippen molar-refractivity contribution in [2.24, 2.45) is 0 Å². The predicted octanol–water partition coefficient (Wildman–Crippen LogP) is 1.69. The average Bonchev–Trinajstić information content (AvgIpc) is 2.15. The summed E-state index contributed by atoms with van der Waals surface area (Å²) >= 11 is 3.23. The quantitative estimate of drug-likeness (QED) is 0.583. The number of pyridine rings is 1. The van der Waals surface area contributed by atoms with Crippen molar-refractivity contribution in [3.63, 3.8) is 0 Å². The molecule has 0 amide bonds. The Bertz CT molecular complexity index is 240. The second kappa shape index (κ2) is 4.87. The van der Waals surface area contributed by atoms with Crippen LogP contribution >= 0.6 is 15.9 Å². The number of hydrogen-bond acceptors (Lipinski definition) is 3. The third kappa shape index (κ3) is 2.30. The third-order valence-corrected chi connectivity index (χ3v) is 1.97. The van der Waals surface area contributed by atoms with Crippen LogP contribution in [0.2, 0.25) is 0 Å². The molecule has 12 heavy (non-hydrogen) atoms. The van der Waals surface area contributed by atoms with E-state index in [1.54, 1.807) is 6.20 Å². The van der Waals surface area contributed by atoms with Gasteiger partial charge < -0.3 is 4.74 Å². The monoisotopic (exact) mass is 229 g/mol. The lowest BCUT2D eigenvalue weighted by molar-refractivity contribution is -0.132. The first kappa shape index (κ1) is 9.19. The van der Waals surface area contributed by atoms with Gasteiger partial charge in [0.2, 0.25) is 0 Å². The number of carbonyl (C=O) groups excluding carboxylic acids is 1. The largest absolute Gasteiger partial charge is 0.457 e. The Labute approximate surface area is 78.9 Å². The Morgan fingerprint density at radius 2 is 2.50 bits per heavy atom. The summed E-state index contributed by atoms with van der Waals surface area (Å²) in [5.74, 6) is 0. The van der Waals surface area contributed by atoms with Gasteiger partial charge in [0.05, 0.1) is 5.69 Å². The van der Waals surface area contributed by atoms with Gasteiger partial charge in [0.15, 0.2) is 6.10 Å². The topological polar surface area (TPSA) is 39.2 Å². The minimum absolute atomic E-state index is 0.288. The summed E-state index contributed by atoms with van der Waals surface area (Å²) in [6.45, 7) is 0.431. The first-order valence-corrected chi connectivity index (χ1v) is 4.56. The van der Waals surface area contributed by atoms with Gasteiger partial charge in [-0.2, -0.15) is 0 Å². The molecule has 0 aliphatic rings. The van der Waals surface area contributed by atoms with E-state index in [4.69, 9.17) is 4.74 Å². The van der Waals surface area contributed by atoms with Crippen LogP contribution < -0.4 is 0 Å². The fourth-order valence-corrected chi connectivity index (χ4v) is 1.30. The standard InChI is InChI=1S/C8H8BrNO2/c9-5-8(12-6-11)7-3-1-2-4-10-7/h1-4,6,8H,5H2. The van der Waals surface area contributed by atoms with E-state index in [1.807, 2.05) is 18.2 Å². The van der Waals surface area contributed by atoms with E-state index in [9.17, 15) is 4.79 Å². The van der Waals surface area contributed by atoms with Gasteiger partial charge in [0.1, 0.15) is 0 Å². The molecular formula is C8H8BrNO2. The van der Waals surface area contributed by atoms with E-state index >= 15 is 0 Å². The number of halogens is 1. The Morgan fingerprint density at radius 3 is 3.00 bits per heavy atom. The van der Waals surface area contributed by atoms with E-state index in [0.29, 0.717) is 11.8 Å². The maximum Gasteiger partial charge on any atom is 0.293 e. The molecule has 1 aromatic rings. The molecule has 4 heteroatoms. The van der Waals surface area contributed by atoms with Crippen LogP contribution in [-0.4, -0.2) is 16.8 Å². The first-order chi connectivity index (χ1) is 5.88. The molecule has 1 atom stereocenters. The lowest BCUT2D eigenvalue weighted by Gasteiger charge is -2.10. The zero-order valence-corrected chi connectivity index (χ0v) is 7.90. The highest BCUT2D eigenvalue weighted by Crippen LogP contribution is 2.15. The minimum Gasteiger partial charge on any atom is -0.457 e. The molecule has 0 aromatic carbocycles. The Morgan fingerprint density at radius 1 is 1.67 bits per heavy atom. The summed E-state index contributed by atoms with van der Waals surface area (Å²) in [5.41, 5.74) is 0.751. The lowest BCUT2D eigenvalue weighted by atomic mass is 10.2. The molecule has 0 aliphatic carbocycles. The van der Waals surface area contributed by atoms with Crippen LogP contribution in [0.4, 0.5) is 0 Å². The second-order valence-electron chi connectivity index (χ2n) is 2.13. The van der Waals surface area contributed by atoms with Gasteiger partial charge in [0.25, 0.3) is 6.47 Å². The number of hydrogen-bond donors (Lipinski definition) is 0. The van der Waals surface area contributed by atoms with E-state index in [2.05, 4.69) is 20.9 Å². The number of aromatic nitrogens is 1. The van der Waals surface area contributed by atoms with Crippen LogP contribution in [-0.2, 0) is 9.53 Å². The van der Waals surface area contributed by atoms with Crippen molar-refractivity contribution in [3.05, 3.63) is 30.1 Å². The van der Waals surface area contributed by atoms with Crippen LogP contribution in [0, 0.1) is 0 Å². The normalized spacial score (nSPS) is 12.1. The highest BCUT2D eigenvalue weighted by atomic mass is 79.9. The lowest BCUT2D eigenvalue weighted by Crippen LogP contribution is -2.05. The average molecular weight is 230 g/mol. The van der Waals surface area contributed by atoms with Crippen molar-refractivity contribution >= 4 is 22.4 Å². The van der Waals surface area contributed by atoms with Gasteiger partial charge in [-0.05, 0) is 12.1 Å². The van der Waals surface area contributed by atoms with Gasteiger partial charge >= 0.3 is 0 Å². The number of rotatable bonds is 4. The first-order valence-electron chi connectivity index (χ1n) is 3.44. The fourth-order valence-electron chi connectivity index (χ4n) is 0.819. The van der Waals surface area contributed by atoms with Gasteiger partial charge in [-0.3, -0.25) is 9.78 Å². The van der Waals surface area contributed by atoms with Crippen molar-refractivity contribution in [1.29, 1.82) is 0 Å². The molecule has 1 aromatic heterocycles. The molecular weight excluding hydrogens is 222 g/mol. The molecule has 1 rings (SSSR count). The summed E-state index contributed by atoms with van der Waals surface area (Å²) in [4.78, 5) is 14.1. The summed E-state index contributed by atoms with van der Waals surface area (Å²) in [7, 11) is 0.